The summed E-state index contributed by atoms with van der Waals surface area (Å²) < 4.78 is 26.6. The van der Waals surface area contributed by atoms with Crippen molar-refractivity contribution in [2.45, 2.75) is 31.1 Å². The summed E-state index contributed by atoms with van der Waals surface area (Å²) in [4.78, 5) is 0.212. The van der Waals surface area contributed by atoms with E-state index in [-0.39, 0.29) is 4.90 Å². The van der Waals surface area contributed by atoms with Crippen molar-refractivity contribution < 1.29 is 8.42 Å². The molecular formula is C14H16N2O2S. The second-order valence-corrected chi connectivity index (χ2v) is 5.89. The van der Waals surface area contributed by atoms with Crippen LogP contribution in [0.4, 0.5) is 0 Å². The minimum absolute atomic E-state index is 0.212. The lowest BCUT2D eigenvalue weighted by atomic mass is 10.2. The van der Waals surface area contributed by atoms with E-state index in [0.29, 0.717) is 30.5 Å². The molecule has 0 saturated carbocycles. The van der Waals surface area contributed by atoms with Gasteiger partial charge in [-0.25, -0.2) is 13.1 Å². The van der Waals surface area contributed by atoms with Crippen LogP contribution in [0.2, 0.25) is 0 Å². The first-order valence-electron chi connectivity index (χ1n) is 5.95. The zero-order chi connectivity index (χ0) is 14.3. The molecule has 0 spiro atoms. The Balaban J connectivity index is 2.73. The van der Waals surface area contributed by atoms with Gasteiger partial charge in [-0.1, -0.05) is 0 Å². The van der Waals surface area contributed by atoms with Crippen LogP contribution in [0.15, 0.2) is 23.1 Å². The monoisotopic (exact) mass is 276 g/mol. The molecular weight excluding hydrogens is 260 g/mol. The van der Waals surface area contributed by atoms with Crippen LogP contribution in [-0.2, 0) is 10.0 Å². The van der Waals surface area contributed by atoms with Crippen LogP contribution in [-0.4, -0.2) is 15.0 Å². The van der Waals surface area contributed by atoms with Crippen molar-refractivity contribution in [2.24, 2.45) is 0 Å². The normalized spacial score (nSPS) is 10.7. The van der Waals surface area contributed by atoms with E-state index in [1.165, 1.54) is 12.1 Å². The summed E-state index contributed by atoms with van der Waals surface area (Å²) in [6.07, 6.45) is 7.27. The third-order valence-electron chi connectivity index (χ3n) is 2.63. The zero-order valence-electron chi connectivity index (χ0n) is 10.8. The molecule has 1 rings (SSSR count). The summed E-state index contributed by atoms with van der Waals surface area (Å²) in [7, 11) is -3.51. The lowest BCUT2D eigenvalue weighted by Crippen LogP contribution is -2.25. The first-order chi connectivity index (χ1) is 9.01. The van der Waals surface area contributed by atoms with Crippen LogP contribution < -0.4 is 4.72 Å². The highest BCUT2D eigenvalue weighted by atomic mass is 32.2. The second-order valence-electron chi connectivity index (χ2n) is 4.15. The van der Waals surface area contributed by atoms with Gasteiger partial charge in [-0.2, -0.15) is 5.26 Å². The first-order valence-corrected chi connectivity index (χ1v) is 7.43. The van der Waals surface area contributed by atoms with Gasteiger partial charge in [0.2, 0.25) is 10.0 Å². The SMILES string of the molecule is C#CCCCCNS(=O)(=O)c1ccc(C#N)cc1C. The number of aryl methyl sites for hydroxylation is 1. The van der Waals surface area contributed by atoms with Crippen molar-refractivity contribution in [3.8, 4) is 18.4 Å². The summed E-state index contributed by atoms with van der Waals surface area (Å²) in [5.74, 6) is 2.51. The van der Waals surface area contributed by atoms with Crippen molar-refractivity contribution in [1.29, 1.82) is 5.26 Å². The standard InChI is InChI=1S/C14H16N2O2S/c1-3-4-5-6-9-16-19(17,18)14-8-7-13(11-15)10-12(14)2/h1,7-8,10,16H,4-6,9H2,2H3. The largest absolute Gasteiger partial charge is 0.240 e. The predicted molar refractivity (Wildman–Crippen MR) is 73.8 cm³/mol. The number of unbranched alkanes of at least 4 members (excludes halogenated alkanes) is 2. The third kappa shape index (κ3) is 4.40. The predicted octanol–water partition coefficient (Wildman–Crippen LogP) is 1.95. The number of hydrogen-bond acceptors (Lipinski definition) is 3. The summed E-state index contributed by atoms with van der Waals surface area (Å²) in [5.41, 5.74) is 1.01. The molecule has 19 heavy (non-hydrogen) atoms. The Kier molecular flexibility index (Phi) is 5.57. The van der Waals surface area contributed by atoms with Crippen molar-refractivity contribution in [3.05, 3.63) is 29.3 Å². The number of rotatable bonds is 6. The minimum Gasteiger partial charge on any atom is -0.211 e. The van der Waals surface area contributed by atoms with Gasteiger partial charge in [0.25, 0.3) is 0 Å². The fourth-order valence-electron chi connectivity index (χ4n) is 1.66. The molecule has 0 atom stereocenters. The molecule has 0 saturated heterocycles. The fourth-order valence-corrected chi connectivity index (χ4v) is 2.96. The lowest BCUT2D eigenvalue weighted by Gasteiger charge is -2.09. The molecule has 1 aromatic rings. The molecule has 5 heteroatoms. The zero-order valence-corrected chi connectivity index (χ0v) is 11.6. The lowest BCUT2D eigenvalue weighted by molar-refractivity contribution is 0.576. The molecule has 0 aliphatic rings. The number of nitrogens with zero attached hydrogens (tertiary/aromatic N) is 1. The Labute approximate surface area is 114 Å². The number of benzene rings is 1. The van der Waals surface area contributed by atoms with Crippen molar-refractivity contribution in [1.82, 2.24) is 4.72 Å². The number of hydrogen-bond donors (Lipinski definition) is 1. The molecule has 0 radical (unpaired) electrons. The molecule has 0 aliphatic heterocycles. The van der Waals surface area contributed by atoms with E-state index in [0.717, 1.165) is 6.42 Å². The van der Waals surface area contributed by atoms with E-state index < -0.39 is 10.0 Å². The molecule has 0 bridgehead atoms. The van der Waals surface area contributed by atoms with Gasteiger partial charge in [-0.15, -0.1) is 12.3 Å². The Morgan fingerprint density at radius 2 is 2.11 bits per heavy atom. The summed E-state index contributed by atoms with van der Waals surface area (Å²) in [6, 6.07) is 6.50. The molecule has 0 aromatic heterocycles. The van der Waals surface area contributed by atoms with E-state index in [9.17, 15) is 8.42 Å². The quantitative estimate of drug-likeness (QED) is 0.637. The van der Waals surface area contributed by atoms with Crippen LogP contribution in [0.5, 0.6) is 0 Å². The number of nitriles is 1. The highest BCUT2D eigenvalue weighted by molar-refractivity contribution is 7.89. The van der Waals surface area contributed by atoms with Gasteiger partial charge in [-0.05, 0) is 43.5 Å². The average molecular weight is 276 g/mol. The fraction of sp³-hybridized carbons (Fsp3) is 0.357. The summed E-state index contributed by atoms with van der Waals surface area (Å²) >= 11 is 0. The topological polar surface area (TPSA) is 70.0 Å². The maximum atomic E-state index is 12.1. The first kappa shape index (κ1) is 15.2. The maximum Gasteiger partial charge on any atom is 0.240 e. The molecule has 0 fully saturated rings. The van der Waals surface area contributed by atoms with E-state index in [4.69, 9.17) is 11.7 Å². The van der Waals surface area contributed by atoms with Crippen LogP contribution in [0.1, 0.15) is 30.4 Å². The minimum atomic E-state index is -3.51. The maximum absolute atomic E-state index is 12.1. The Morgan fingerprint density at radius 1 is 1.37 bits per heavy atom. The van der Waals surface area contributed by atoms with Gasteiger partial charge >= 0.3 is 0 Å². The van der Waals surface area contributed by atoms with Gasteiger partial charge in [0.15, 0.2) is 0 Å². The molecule has 1 N–H and O–H groups in total. The Bertz CT molecular complexity index is 622. The molecule has 0 amide bonds. The molecule has 100 valence electrons. The highest BCUT2D eigenvalue weighted by Gasteiger charge is 2.16. The van der Waals surface area contributed by atoms with E-state index in [2.05, 4.69) is 10.6 Å². The number of terminal acetylenes is 1. The van der Waals surface area contributed by atoms with Crippen molar-refractivity contribution in [3.63, 3.8) is 0 Å². The summed E-state index contributed by atoms with van der Waals surface area (Å²) in [5, 5.41) is 8.75. The van der Waals surface area contributed by atoms with Gasteiger partial charge in [0.1, 0.15) is 0 Å². The highest BCUT2D eigenvalue weighted by Crippen LogP contribution is 2.16. The molecule has 0 unspecified atom stereocenters. The van der Waals surface area contributed by atoms with Crippen LogP contribution in [0, 0.1) is 30.6 Å². The van der Waals surface area contributed by atoms with E-state index in [1.54, 1.807) is 13.0 Å². The van der Waals surface area contributed by atoms with Gasteiger partial charge in [0.05, 0.1) is 16.5 Å². The average Bonchev–Trinajstić information content (AvgIpc) is 2.37. The van der Waals surface area contributed by atoms with Crippen LogP contribution >= 0.6 is 0 Å². The number of sulfonamides is 1. The Morgan fingerprint density at radius 3 is 2.68 bits per heavy atom. The number of nitrogens with one attached hydrogen (secondary N) is 1. The molecule has 0 heterocycles. The Hall–Kier alpha value is -1.82. The summed E-state index contributed by atoms with van der Waals surface area (Å²) in [6.45, 7) is 2.04. The molecule has 0 aliphatic carbocycles. The smallest absolute Gasteiger partial charge is 0.211 e. The van der Waals surface area contributed by atoms with Gasteiger partial charge < -0.3 is 0 Å². The van der Waals surface area contributed by atoms with E-state index in [1.807, 2.05) is 6.07 Å². The molecule has 4 nitrogen and oxygen atoms in total. The van der Waals surface area contributed by atoms with Gasteiger partial charge in [0, 0.05) is 13.0 Å². The second kappa shape index (κ2) is 6.94. The van der Waals surface area contributed by atoms with Crippen LogP contribution in [0.3, 0.4) is 0 Å². The van der Waals surface area contributed by atoms with Crippen molar-refractivity contribution >= 4 is 10.0 Å². The van der Waals surface area contributed by atoms with Gasteiger partial charge in [-0.3, -0.25) is 0 Å². The third-order valence-corrected chi connectivity index (χ3v) is 4.25. The molecule has 1 aromatic carbocycles. The van der Waals surface area contributed by atoms with E-state index >= 15 is 0 Å². The van der Waals surface area contributed by atoms with Crippen molar-refractivity contribution in [2.75, 3.05) is 6.54 Å². The van der Waals surface area contributed by atoms with Crippen LogP contribution in [0.25, 0.3) is 0 Å².